The molecule has 4 heterocycles. The number of aryl methyl sites for hydroxylation is 1. The topological polar surface area (TPSA) is 64.0 Å². The van der Waals surface area contributed by atoms with Crippen molar-refractivity contribution in [3.8, 4) is 10.8 Å². The molecule has 0 N–H and O–H groups in total. The van der Waals surface area contributed by atoms with E-state index in [-0.39, 0.29) is 5.41 Å². The number of aromatic nitrogens is 4. The maximum atomic E-state index is 5.67. The molecule has 6 nitrogen and oxygen atoms in total. The average Bonchev–Trinajstić information content (AvgIpc) is 3.34. The van der Waals surface area contributed by atoms with E-state index >= 15 is 0 Å². The van der Waals surface area contributed by atoms with Crippen molar-refractivity contribution < 1.29 is 4.74 Å². The number of hydrogen-bond donors (Lipinski definition) is 0. The van der Waals surface area contributed by atoms with Gasteiger partial charge >= 0.3 is 0 Å². The Morgan fingerprint density at radius 2 is 1.75 bits per heavy atom. The first-order chi connectivity index (χ1) is 15.7. The Kier molecular flexibility index (Phi) is 4.73. The van der Waals surface area contributed by atoms with Crippen molar-refractivity contribution in [2.24, 2.45) is 0 Å². The normalized spacial score (nSPS) is 17.0. The minimum Gasteiger partial charge on any atom is -0.379 e. The second-order valence-electron chi connectivity index (χ2n) is 8.57. The summed E-state index contributed by atoms with van der Waals surface area (Å²) in [7, 11) is 0. The van der Waals surface area contributed by atoms with Gasteiger partial charge in [-0.1, -0.05) is 53.3 Å². The molecular formula is C25H23N5OS. The van der Waals surface area contributed by atoms with Crippen LogP contribution in [-0.4, -0.2) is 39.9 Å². The van der Waals surface area contributed by atoms with Crippen molar-refractivity contribution >= 4 is 17.0 Å². The zero-order valence-electron chi connectivity index (χ0n) is 17.9. The quantitative estimate of drug-likeness (QED) is 0.473. The number of nitrogens with zero attached hydrogens (tertiary/aromatic N) is 5. The lowest BCUT2D eigenvalue weighted by Crippen LogP contribution is -2.47. The van der Waals surface area contributed by atoms with E-state index in [2.05, 4.69) is 75.5 Å². The van der Waals surface area contributed by atoms with Crippen molar-refractivity contribution in [2.45, 2.75) is 25.3 Å². The lowest BCUT2D eigenvalue weighted by Gasteiger charge is -2.43. The third kappa shape index (κ3) is 3.29. The molecule has 0 bridgehead atoms. The van der Waals surface area contributed by atoms with Crippen LogP contribution in [0.15, 0.2) is 60.2 Å². The smallest absolute Gasteiger partial charge is 0.191 e. The minimum atomic E-state index is -0.0371. The maximum Gasteiger partial charge on any atom is 0.191 e. The van der Waals surface area contributed by atoms with E-state index in [0.29, 0.717) is 5.82 Å². The Morgan fingerprint density at radius 1 is 1.00 bits per heavy atom. The standard InChI is InChI=1S/C25H23N5OS/c1-17-2-4-19(5-3-17)25(14-31-15-25)20-6-8-21(9-7-20)30-11-10-18-12-26-23(28-22(18)13-30)24-29-27-16-32-24/h2-9,12,16H,10-11,13-15H2,1H3. The second-order valence-corrected chi connectivity index (χ2v) is 9.40. The van der Waals surface area contributed by atoms with Gasteiger partial charge < -0.3 is 9.64 Å². The monoisotopic (exact) mass is 441 g/mol. The molecule has 0 aliphatic carbocycles. The summed E-state index contributed by atoms with van der Waals surface area (Å²) in [4.78, 5) is 11.7. The third-order valence-electron chi connectivity index (χ3n) is 6.58. The molecule has 1 saturated heterocycles. The predicted molar refractivity (Wildman–Crippen MR) is 125 cm³/mol. The largest absolute Gasteiger partial charge is 0.379 e. The molecule has 0 atom stereocenters. The predicted octanol–water partition coefficient (Wildman–Crippen LogP) is 4.18. The molecule has 2 aromatic carbocycles. The molecule has 2 aromatic heterocycles. The Bertz CT molecular complexity index is 1230. The van der Waals surface area contributed by atoms with Crippen LogP contribution in [0.4, 0.5) is 5.69 Å². The van der Waals surface area contributed by atoms with Crippen molar-refractivity contribution in [1.29, 1.82) is 0 Å². The first-order valence-electron chi connectivity index (χ1n) is 10.8. The second kappa shape index (κ2) is 7.76. The van der Waals surface area contributed by atoms with Crippen molar-refractivity contribution in [1.82, 2.24) is 20.2 Å². The van der Waals surface area contributed by atoms with Crippen LogP contribution in [0.5, 0.6) is 0 Å². The Morgan fingerprint density at radius 3 is 2.41 bits per heavy atom. The van der Waals surface area contributed by atoms with E-state index in [1.807, 2.05) is 6.20 Å². The average molecular weight is 442 g/mol. The molecule has 0 radical (unpaired) electrons. The molecule has 7 heteroatoms. The van der Waals surface area contributed by atoms with Gasteiger partial charge in [0.25, 0.3) is 0 Å². The zero-order valence-corrected chi connectivity index (χ0v) is 18.7. The lowest BCUT2D eigenvalue weighted by atomic mass is 9.73. The highest BCUT2D eigenvalue weighted by Gasteiger charge is 2.42. The van der Waals surface area contributed by atoms with Gasteiger partial charge in [-0.05, 0) is 42.2 Å². The van der Waals surface area contributed by atoms with Crippen LogP contribution in [0.3, 0.4) is 0 Å². The Hall–Kier alpha value is -3.16. The van der Waals surface area contributed by atoms with Crippen LogP contribution in [0.1, 0.15) is 27.9 Å². The van der Waals surface area contributed by atoms with E-state index in [4.69, 9.17) is 9.72 Å². The molecule has 32 heavy (non-hydrogen) atoms. The summed E-state index contributed by atoms with van der Waals surface area (Å²) in [6.45, 7) is 5.33. The van der Waals surface area contributed by atoms with Crippen LogP contribution < -0.4 is 4.90 Å². The number of hydrogen-bond acceptors (Lipinski definition) is 7. The molecule has 0 spiro atoms. The minimum absolute atomic E-state index is 0.0371. The number of ether oxygens (including phenoxy) is 1. The summed E-state index contributed by atoms with van der Waals surface area (Å²) in [5.41, 5.74) is 9.11. The molecule has 2 aliphatic rings. The molecule has 0 saturated carbocycles. The van der Waals surface area contributed by atoms with Gasteiger partial charge in [-0.25, -0.2) is 9.97 Å². The summed E-state index contributed by atoms with van der Waals surface area (Å²) >= 11 is 1.46. The van der Waals surface area contributed by atoms with Gasteiger partial charge in [-0.2, -0.15) is 0 Å². The van der Waals surface area contributed by atoms with E-state index in [0.717, 1.165) is 43.4 Å². The van der Waals surface area contributed by atoms with Crippen molar-refractivity contribution in [3.63, 3.8) is 0 Å². The van der Waals surface area contributed by atoms with Gasteiger partial charge in [-0.15, -0.1) is 10.2 Å². The van der Waals surface area contributed by atoms with Crippen LogP contribution >= 0.6 is 11.3 Å². The van der Waals surface area contributed by atoms with Gasteiger partial charge in [0.2, 0.25) is 0 Å². The van der Waals surface area contributed by atoms with Crippen LogP contribution in [0, 0.1) is 6.92 Å². The van der Waals surface area contributed by atoms with Crippen LogP contribution in [0.25, 0.3) is 10.8 Å². The summed E-state index contributed by atoms with van der Waals surface area (Å²) in [6.07, 6.45) is 2.88. The number of benzene rings is 2. The highest BCUT2D eigenvalue weighted by molar-refractivity contribution is 7.12. The van der Waals surface area contributed by atoms with Crippen LogP contribution in [0.2, 0.25) is 0 Å². The summed E-state index contributed by atoms with van der Waals surface area (Å²) < 4.78 is 5.67. The van der Waals surface area contributed by atoms with Crippen molar-refractivity contribution in [3.05, 3.63) is 88.2 Å². The van der Waals surface area contributed by atoms with Crippen molar-refractivity contribution in [2.75, 3.05) is 24.7 Å². The molecule has 160 valence electrons. The fourth-order valence-corrected chi connectivity index (χ4v) is 5.06. The highest BCUT2D eigenvalue weighted by Crippen LogP contribution is 2.40. The van der Waals surface area contributed by atoms with E-state index in [1.165, 1.54) is 39.3 Å². The summed E-state index contributed by atoms with van der Waals surface area (Å²) in [5.74, 6) is 0.661. The molecular weight excluding hydrogens is 418 g/mol. The van der Waals surface area contributed by atoms with Gasteiger partial charge in [0.1, 0.15) is 5.51 Å². The molecule has 1 fully saturated rings. The van der Waals surface area contributed by atoms with E-state index < -0.39 is 0 Å². The first kappa shape index (κ1) is 19.5. The third-order valence-corrected chi connectivity index (χ3v) is 7.27. The summed E-state index contributed by atoms with van der Waals surface area (Å²) in [6, 6.07) is 17.9. The molecule has 6 rings (SSSR count). The molecule has 2 aliphatic heterocycles. The molecule has 4 aromatic rings. The van der Waals surface area contributed by atoms with Gasteiger partial charge in [0, 0.05) is 18.4 Å². The zero-order chi connectivity index (χ0) is 21.5. The van der Waals surface area contributed by atoms with Gasteiger partial charge in [-0.3, -0.25) is 0 Å². The van der Waals surface area contributed by atoms with E-state index in [9.17, 15) is 0 Å². The van der Waals surface area contributed by atoms with E-state index in [1.54, 1.807) is 5.51 Å². The first-order valence-corrected chi connectivity index (χ1v) is 11.7. The Labute approximate surface area is 191 Å². The van der Waals surface area contributed by atoms with Gasteiger partial charge in [0.05, 0.1) is 30.9 Å². The molecule has 0 unspecified atom stereocenters. The summed E-state index contributed by atoms with van der Waals surface area (Å²) in [5, 5.41) is 8.78. The number of rotatable bonds is 4. The number of anilines is 1. The fraction of sp³-hybridized carbons (Fsp3) is 0.280. The van der Waals surface area contributed by atoms with Gasteiger partial charge in [0.15, 0.2) is 10.8 Å². The SMILES string of the molecule is Cc1ccc(C2(c3ccc(N4CCc5cnc(-c6nncs6)nc5C4)cc3)COC2)cc1. The fourth-order valence-electron chi connectivity index (χ4n) is 4.57. The molecule has 0 amide bonds. The maximum absolute atomic E-state index is 5.67. The number of fused-ring (bicyclic) bond motifs is 1. The highest BCUT2D eigenvalue weighted by atomic mass is 32.1. The Balaban J connectivity index is 1.25. The van der Waals surface area contributed by atoms with Crippen LogP contribution in [-0.2, 0) is 23.1 Å². The lowest BCUT2D eigenvalue weighted by molar-refractivity contribution is -0.0379.